The fourth-order valence-corrected chi connectivity index (χ4v) is 0.722. The molecule has 1 aliphatic heterocycles. The van der Waals surface area contributed by atoms with Crippen LogP contribution in [0.25, 0.3) is 0 Å². The van der Waals surface area contributed by atoms with Crippen molar-refractivity contribution in [3.63, 3.8) is 0 Å². The summed E-state index contributed by atoms with van der Waals surface area (Å²) in [5.74, 6) is 0. The van der Waals surface area contributed by atoms with Crippen molar-refractivity contribution in [2.24, 2.45) is 5.73 Å². The molecule has 0 saturated heterocycles. The molecule has 0 amide bonds. The molecule has 0 aliphatic carbocycles. The lowest BCUT2D eigenvalue weighted by Gasteiger charge is -2.18. The Bertz CT molecular complexity index is 99.8. The number of hydrogen-bond acceptors (Lipinski definition) is 3. The number of nitrogens with two attached hydrogens (primary N) is 1. The monoisotopic (exact) mass is 113 g/mol. The Balaban J connectivity index is 2.41. The maximum Gasteiger partial charge on any atom is 0.0964 e. The highest BCUT2D eigenvalue weighted by Crippen LogP contribution is 1.99. The summed E-state index contributed by atoms with van der Waals surface area (Å²) in [6, 6.07) is 0. The summed E-state index contributed by atoms with van der Waals surface area (Å²) >= 11 is 0. The topological polar surface area (TPSA) is 41.3 Å². The maximum atomic E-state index is 5.36. The third-order valence-corrected chi connectivity index (χ3v) is 1.31. The summed E-state index contributed by atoms with van der Waals surface area (Å²) in [6.45, 7) is 2.65. The minimum atomic E-state index is 0.375. The van der Waals surface area contributed by atoms with Crippen molar-refractivity contribution in [2.45, 2.75) is 13.1 Å². The van der Waals surface area contributed by atoms with Crippen molar-refractivity contribution in [2.75, 3.05) is 6.67 Å². The molecule has 1 aliphatic rings. The van der Waals surface area contributed by atoms with Gasteiger partial charge in [-0.1, -0.05) is 0 Å². The Labute approximate surface area is 49.2 Å². The van der Waals surface area contributed by atoms with Gasteiger partial charge in [0.1, 0.15) is 0 Å². The summed E-state index contributed by atoms with van der Waals surface area (Å²) in [4.78, 5) is 2.01. The summed E-state index contributed by atoms with van der Waals surface area (Å²) in [7, 11) is 0. The van der Waals surface area contributed by atoms with Crippen molar-refractivity contribution < 1.29 is 0 Å². The molecular weight excluding hydrogens is 102 g/mol. The van der Waals surface area contributed by atoms with Crippen LogP contribution in [-0.4, -0.2) is 17.7 Å². The van der Waals surface area contributed by atoms with Crippen molar-refractivity contribution in [3.05, 3.63) is 12.4 Å². The van der Waals surface area contributed by atoms with Gasteiger partial charge >= 0.3 is 0 Å². The number of hydrogen-bond donors (Lipinski definition) is 2. The van der Waals surface area contributed by atoms with E-state index in [1.54, 1.807) is 0 Å². The second-order valence-electron chi connectivity index (χ2n) is 1.86. The van der Waals surface area contributed by atoms with E-state index in [0.717, 1.165) is 0 Å². The normalized spacial score (nSPS) is 26.2. The first-order valence-electron chi connectivity index (χ1n) is 2.73. The quantitative estimate of drug-likeness (QED) is 0.487. The van der Waals surface area contributed by atoms with Crippen LogP contribution in [0.15, 0.2) is 12.4 Å². The van der Waals surface area contributed by atoms with Crippen LogP contribution < -0.4 is 11.1 Å². The molecule has 1 rings (SSSR count). The van der Waals surface area contributed by atoms with Gasteiger partial charge in [0.2, 0.25) is 0 Å². The minimum Gasteiger partial charge on any atom is -0.370 e. The van der Waals surface area contributed by atoms with Gasteiger partial charge in [0.05, 0.1) is 12.8 Å². The van der Waals surface area contributed by atoms with E-state index in [4.69, 9.17) is 5.73 Å². The van der Waals surface area contributed by atoms with E-state index >= 15 is 0 Å². The van der Waals surface area contributed by atoms with Gasteiger partial charge < -0.3 is 16.0 Å². The first kappa shape index (κ1) is 5.44. The largest absolute Gasteiger partial charge is 0.370 e. The number of rotatable bonds is 1. The molecule has 0 bridgehead atoms. The van der Waals surface area contributed by atoms with Crippen LogP contribution in [0.4, 0.5) is 0 Å². The molecule has 8 heavy (non-hydrogen) atoms. The van der Waals surface area contributed by atoms with E-state index < -0.39 is 0 Å². The van der Waals surface area contributed by atoms with Crippen LogP contribution in [0.2, 0.25) is 0 Å². The molecule has 3 N–H and O–H groups in total. The van der Waals surface area contributed by atoms with Crippen LogP contribution in [0.3, 0.4) is 0 Å². The first-order chi connectivity index (χ1) is 3.84. The molecule has 0 aromatic heterocycles. The fraction of sp³-hybridized carbons (Fsp3) is 0.600. The lowest BCUT2D eigenvalue weighted by atomic mass is 10.5. The molecule has 3 heteroatoms. The van der Waals surface area contributed by atoms with Gasteiger partial charge in [0.15, 0.2) is 0 Å². The first-order valence-corrected chi connectivity index (χ1v) is 2.73. The SMILES string of the molecule is CC1NC=CN1CN. The van der Waals surface area contributed by atoms with Gasteiger partial charge in [0, 0.05) is 12.4 Å². The van der Waals surface area contributed by atoms with Gasteiger partial charge in [-0.3, -0.25) is 0 Å². The Morgan fingerprint density at radius 1 is 1.88 bits per heavy atom. The molecule has 1 heterocycles. The second-order valence-corrected chi connectivity index (χ2v) is 1.86. The van der Waals surface area contributed by atoms with Crippen LogP contribution in [0, 0.1) is 0 Å². The molecule has 46 valence electrons. The highest BCUT2D eigenvalue weighted by Gasteiger charge is 2.08. The Hall–Kier alpha value is -0.700. The molecule has 1 unspecified atom stereocenters. The summed E-state index contributed by atoms with van der Waals surface area (Å²) in [5, 5.41) is 3.09. The van der Waals surface area contributed by atoms with Crippen molar-refractivity contribution >= 4 is 0 Å². The summed E-state index contributed by atoms with van der Waals surface area (Å²) in [6.07, 6.45) is 4.22. The average Bonchev–Trinajstić information content (AvgIpc) is 2.14. The molecule has 0 spiro atoms. The van der Waals surface area contributed by atoms with Gasteiger partial charge in [0.25, 0.3) is 0 Å². The molecule has 0 radical (unpaired) electrons. The summed E-state index contributed by atoms with van der Waals surface area (Å²) < 4.78 is 0. The highest BCUT2D eigenvalue weighted by molar-refractivity contribution is 4.91. The average molecular weight is 113 g/mol. The molecule has 3 nitrogen and oxygen atoms in total. The number of nitrogens with one attached hydrogen (secondary N) is 1. The maximum absolute atomic E-state index is 5.36. The third-order valence-electron chi connectivity index (χ3n) is 1.31. The Kier molecular flexibility index (Phi) is 1.39. The smallest absolute Gasteiger partial charge is 0.0964 e. The van der Waals surface area contributed by atoms with Crippen LogP contribution in [-0.2, 0) is 0 Å². The van der Waals surface area contributed by atoms with Crippen LogP contribution in [0.1, 0.15) is 6.92 Å². The number of nitrogens with zero attached hydrogens (tertiary/aromatic N) is 1. The fourth-order valence-electron chi connectivity index (χ4n) is 0.722. The minimum absolute atomic E-state index is 0.375. The second kappa shape index (κ2) is 2.05. The van der Waals surface area contributed by atoms with Gasteiger partial charge in [-0.15, -0.1) is 0 Å². The lowest BCUT2D eigenvalue weighted by Crippen LogP contribution is -2.35. The van der Waals surface area contributed by atoms with E-state index in [0.29, 0.717) is 12.8 Å². The molecule has 1 atom stereocenters. The Morgan fingerprint density at radius 3 is 2.88 bits per heavy atom. The van der Waals surface area contributed by atoms with E-state index in [1.165, 1.54) is 0 Å². The van der Waals surface area contributed by atoms with Crippen molar-refractivity contribution in [1.82, 2.24) is 10.2 Å². The van der Waals surface area contributed by atoms with Gasteiger partial charge in [-0.25, -0.2) is 0 Å². The van der Waals surface area contributed by atoms with Crippen LogP contribution >= 0.6 is 0 Å². The molecule has 0 aromatic carbocycles. The predicted molar refractivity (Wildman–Crippen MR) is 32.6 cm³/mol. The van der Waals surface area contributed by atoms with E-state index in [2.05, 4.69) is 12.2 Å². The zero-order valence-corrected chi connectivity index (χ0v) is 4.96. The molecule has 0 aromatic rings. The van der Waals surface area contributed by atoms with Crippen molar-refractivity contribution in [3.8, 4) is 0 Å². The standard InChI is InChI=1S/C5H11N3/c1-5-7-2-3-8(5)4-6/h2-3,5,7H,4,6H2,1H3. The van der Waals surface area contributed by atoms with Crippen LogP contribution in [0.5, 0.6) is 0 Å². The summed E-state index contributed by atoms with van der Waals surface area (Å²) in [5.41, 5.74) is 5.36. The Morgan fingerprint density at radius 2 is 2.62 bits per heavy atom. The molecule has 0 saturated carbocycles. The predicted octanol–water partition coefficient (Wildman–Crippen LogP) is -0.375. The van der Waals surface area contributed by atoms with E-state index in [9.17, 15) is 0 Å². The molecule has 0 fully saturated rings. The van der Waals surface area contributed by atoms with Gasteiger partial charge in [-0.2, -0.15) is 0 Å². The van der Waals surface area contributed by atoms with E-state index in [1.807, 2.05) is 17.3 Å². The molecular formula is C5H11N3. The van der Waals surface area contributed by atoms with Gasteiger partial charge in [-0.05, 0) is 6.92 Å². The van der Waals surface area contributed by atoms with E-state index in [-0.39, 0.29) is 0 Å². The highest BCUT2D eigenvalue weighted by atomic mass is 15.3. The third kappa shape index (κ3) is 0.767. The zero-order valence-electron chi connectivity index (χ0n) is 4.96. The van der Waals surface area contributed by atoms with Crippen molar-refractivity contribution in [1.29, 1.82) is 0 Å². The lowest BCUT2D eigenvalue weighted by molar-refractivity contribution is 0.306. The zero-order chi connectivity index (χ0) is 5.98.